The highest BCUT2D eigenvalue weighted by molar-refractivity contribution is 5.49. The van der Waals surface area contributed by atoms with E-state index in [4.69, 9.17) is 5.21 Å². The molecule has 0 unspecified atom stereocenters. The predicted octanol–water partition coefficient (Wildman–Crippen LogP) is 0.681. The first-order valence-electron chi connectivity index (χ1n) is 5.15. The lowest BCUT2D eigenvalue weighted by Gasteiger charge is -2.35. The quantitative estimate of drug-likeness (QED) is 0.624. The molecular formula is C10H16N4O. The molecule has 15 heavy (non-hydrogen) atoms. The van der Waals surface area contributed by atoms with E-state index in [-0.39, 0.29) is 0 Å². The molecule has 1 atom stereocenters. The second-order valence-electron chi connectivity index (χ2n) is 3.76. The number of piperazine rings is 1. The Bertz CT molecular complexity index is 314. The molecule has 1 saturated heterocycles. The summed E-state index contributed by atoms with van der Waals surface area (Å²) in [4.78, 5) is 6.39. The zero-order valence-electron chi connectivity index (χ0n) is 8.77. The van der Waals surface area contributed by atoms with E-state index in [0.717, 1.165) is 25.3 Å². The largest absolute Gasteiger partial charge is 0.365 e. The van der Waals surface area contributed by atoms with Crippen molar-refractivity contribution in [2.45, 2.75) is 13.0 Å². The molecule has 3 N–H and O–H groups in total. The number of hydrogen-bond acceptors (Lipinski definition) is 5. The lowest BCUT2D eigenvalue weighted by Crippen LogP contribution is -2.49. The predicted molar refractivity (Wildman–Crippen MR) is 59.3 cm³/mol. The van der Waals surface area contributed by atoms with Crippen molar-refractivity contribution in [2.75, 3.05) is 30.0 Å². The van der Waals surface area contributed by atoms with Crippen molar-refractivity contribution < 1.29 is 5.21 Å². The van der Waals surface area contributed by atoms with Crippen molar-refractivity contribution in [2.24, 2.45) is 0 Å². The van der Waals surface area contributed by atoms with Crippen LogP contribution in [0.25, 0.3) is 0 Å². The van der Waals surface area contributed by atoms with Gasteiger partial charge in [0.15, 0.2) is 0 Å². The molecule has 5 nitrogen and oxygen atoms in total. The summed E-state index contributed by atoms with van der Waals surface area (Å²) in [6.45, 7) is 5.18. The van der Waals surface area contributed by atoms with Crippen LogP contribution in [-0.2, 0) is 0 Å². The van der Waals surface area contributed by atoms with Crippen LogP contribution in [0.5, 0.6) is 0 Å². The van der Waals surface area contributed by atoms with Crippen LogP contribution in [0.4, 0.5) is 11.5 Å². The van der Waals surface area contributed by atoms with E-state index in [1.165, 1.54) is 0 Å². The van der Waals surface area contributed by atoms with Crippen LogP contribution in [0.2, 0.25) is 0 Å². The molecule has 0 aliphatic carbocycles. The van der Waals surface area contributed by atoms with E-state index in [1.54, 1.807) is 12.3 Å². The highest BCUT2D eigenvalue weighted by Gasteiger charge is 2.17. The Kier molecular flexibility index (Phi) is 3.03. The van der Waals surface area contributed by atoms with E-state index in [9.17, 15) is 0 Å². The molecule has 1 aliphatic heterocycles. The first-order chi connectivity index (χ1) is 7.31. The number of aromatic nitrogens is 1. The molecule has 0 radical (unpaired) electrons. The number of nitrogens with zero attached hydrogens (tertiary/aromatic N) is 2. The third-order valence-electron chi connectivity index (χ3n) is 2.70. The number of rotatable bonds is 2. The van der Waals surface area contributed by atoms with Gasteiger partial charge in [0.2, 0.25) is 0 Å². The maximum absolute atomic E-state index is 8.65. The van der Waals surface area contributed by atoms with Gasteiger partial charge in [-0.2, -0.15) is 0 Å². The zero-order valence-corrected chi connectivity index (χ0v) is 8.77. The van der Waals surface area contributed by atoms with Gasteiger partial charge in [0.25, 0.3) is 0 Å². The Labute approximate surface area is 89.1 Å². The second kappa shape index (κ2) is 4.46. The molecule has 0 aromatic carbocycles. The van der Waals surface area contributed by atoms with Crippen LogP contribution in [0, 0.1) is 0 Å². The highest BCUT2D eigenvalue weighted by atomic mass is 16.5. The van der Waals surface area contributed by atoms with E-state index >= 15 is 0 Å². The van der Waals surface area contributed by atoms with Gasteiger partial charge in [0.05, 0.1) is 11.9 Å². The van der Waals surface area contributed by atoms with E-state index in [2.05, 4.69) is 22.1 Å². The average molecular weight is 208 g/mol. The molecular weight excluding hydrogens is 192 g/mol. The Morgan fingerprint density at radius 2 is 2.47 bits per heavy atom. The van der Waals surface area contributed by atoms with Crippen molar-refractivity contribution in [3.8, 4) is 0 Å². The second-order valence-corrected chi connectivity index (χ2v) is 3.76. The minimum atomic E-state index is 0.474. The molecule has 0 bridgehead atoms. The fraction of sp³-hybridized carbons (Fsp3) is 0.500. The normalized spacial score (nSPS) is 21.5. The Hall–Kier alpha value is -1.33. The smallest absolute Gasteiger partial charge is 0.149 e. The van der Waals surface area contributed by atoms with E-state index in [1.807, 2.05) is 11.5 Å². The van der Waals surface area contributed by atoms with Crippen molar-refractivity contribution >= 4 is 11.5 Å². The molecule has 0 spiro atoms. The number of anilines is 2. The van der Waals surface area contributed by atoms with Crippen molar-refractivity contribution in [1.82, 2.24) is 10.3 Å². The van der Waals surface area contributed by atoms with Crippen molar-refractivity contribution in [3.05, 3.63) is 18.3 Å². The standard InChI is InChI=1S/C10H16N4O/c1-8-6-11-4-5-14(8)9-2-3-10(13-15)12-7-9/h2-3,7-8,11,15H,4-6H2,1H3,(H,12,13)/t8-/m1/s1. The Morgan fingerprint density at radius 3 is 3.07 bits per heavy atom. The van der Waals surface area contributed by atoms with Crippen molar-refractivity contribution in [1.29, 1.82) is 0 Å². The van der Waals surface area contributed by atoms with Gasteiger partial charge in [-0.15, -0.1) is 0 Å². The average Bonchev–Trinajstić information content (AvgIpc) is 2.30. The van der Waals surface area contributed by atoms with Crippen LogP contribution >= 0.6 is 0 Å². The summed E-state index contributed by atoms with van der Waals surface area (Å²) in [5, 5.41) is 12.0. The molecule has 1 aromatic rings. The summed E-state index contributed by atoms with van der Waals surface area (Å²) in [6.07, 6.45) is 1.78. The molecule has 0 saturated carbocycles. The summed E-state index contributed by atoms with van der Waals surface area (Å²) in [7, 11) is 0. The Morgan fingerprint density at radius 1 is 1.60 bits per heavy atom. The maximum Gasteiger partial charge on any atom is 0.149 e. The van der Waals surface area contributed by atoms with Gasteiger partial charge in [-0.1, -0.05) is 0 Å². The van der Waals surface area contributed by atoms with Gasteiger partial charge in [0, 0.05) is 25.7 Å². The molecule has 5 heteroatoms. The molecule has 1 aliphatic rings. The number of pyridine rings is 1. The number of hydrogen-bond donors (Lipinski definition) is 3. The van der Waals surface area contributed by atoms with Gasteiger partial charge >= 0.3 is 0 Å². The van der Waals surface area contributed by atoms with Crippen LogP contribution in [0.1, 0.15) is 6.92 Å². The lowest BCUT2D eigenvalue weighted by atomic mass is 10.2. The van der Waals surface area contributed by atoms with E-state index < -0.39 is 0 Å². The topological polar surface area (TPSA) is 60.4 Å². The monoisotopic (exact) mass is 208 g/mol. The molecule has 0 amide bonds. The van der Waals surface area contributed by atoms with Gasteiger partial charge < -0.3 is 10.2 Å². The third-order valence-corrected chi connectivity index (χ3v) is 2.70. The number of nitrogens with one attached hydrogen (secondary N) is 2. The first-order valence-corrected chi connectivity index (χ1v) is 5.15. The lowest BCUT2D eigenvalue weighted by molar-refractivity contribution is 0.386. The van der Waals surface area contributed by atoms with Crippen LogP contribution < -0.4 is 15.7 Å². The fourth-order valence-corrected chi connectivity index (χ4v) is 1.85. The first kappa shape index (κ1) is 10.2. The molecule has 82 valence electrons. The highest BCUT2D eigenvalue weighted by Crippen LogP contribution is 2.18. The SMILES string of the molecule is C[C@@H]1CNCCN1c1ccc(NO)nc1. The van der Waals surface area contributed by atoms with Crippen LogP contribution in [0.15, 0.2) is 18.3 Å². The molecule has 2 rings (SSSR count). The maximum atomic E-state index is 8.65. The minimum absolute atomic E-state index is 0.474. The molecule has 1 aromatic heterocycles. The summed E-state index contributed by atoms with van der Waals surface area (Å²) in [5.74, 6) is 0.474. The van der Waals surface area contributed by atoms with Crippen molar-refractivity contribution in [3.63, 3.8) is 0 Å². The minimum Gasteiger partial charge on any atom is -0.365 e. The fourth-order valence-electron chi connectivity index (χ4n) is 1.85. The van der Waals surface area contributed by atoms with Crippen LogP contribution in [0.3, 0.4) is 0 Å². The van der Waals surface area contributed by atoms with Gasteiger partial charge in [0.1, 0.15) is 5.82 Å². The van der Waals surface area contributed by atoms with Gasteiger partial charge in [-0.25, -0.2) is 4.98 Å². The summed E-state index contributed by atoms with van der Waals surface area (Å²) in [6, 6.07) is 4.21. The van der Waals surface area contributed by atoms with E-state index in [0.29, 0.717) is 11.9 Å². The molecule has 1 fully saturated rings. The molecule has 2 heterocycles. The van der Waals surface area contributed by atoms with Gasteiger partial charge in [-0.05, 0) is 19.1 Å². The zero-order chi connectivity index (χ0) is 10.7. The summed E-state index contributed by atoms with van der Waals surface area (Å²) >= 11 is 0. The van der Waals surface area contributed by atoms with Crippen LogP contribution in [-0.4, -0.2) is 35.9 Å². The summed E-state index contributed by atoms with van der Waals surface area (Å²) in [5.41, 5.74) is 3.13. The Balaban J connectivity index is 2.13. The summed E-state index contributed by atoms with van der Waals surface area (Å²) < 4.78 is 0. The third kappa shape index (κ3) is 2.19. The van der Waals surface area contributed by atoms with Gasteiger partial charge in [-0.3, -0.25) is 10.7 Å².